The second-order valence-electron chi connectivity index (χ2n) is 7.36. The van der Waals surface area contributed by atoms with Gasteiger partial charge in [0.2, 0.25) is 0 Å². The number of ether oxygens (including phenoxy) is 1. The fourth-order valence-corrected chi connectivity index (χ4v) is 4.42. The van der Waals surface area contributed by atoms with Gasteiger partial charge in [-0.2, -0.15) is 0 Å². The molecule has 0 aliphatic carbocycles. The Morgan fingerprint density at radius 1 is 0.900 bits per heavy atom. The Morgan fingerprint density at radius 2 is 1.47 bits per heavy atom. The Labute approximate surface area is 172 Å². The molecule has 1 atom stereocenters. The number of aromatic nitrogens is 2. The van der Waals surface area contributed by atoms with Crippen molar-refractivity contribution in [2.75, 3.05) is 13.3 Å². The Bertz CT molecular complexity index is 1340. The summed E-state index contributed by atoms with van der Waals surface area (Å²) < 4.78 is 34.1. The third-order valence-electron chi connectivity index (χ3n) is 5.46. The monoisotopic (exact) mass is 423 g/mol. The molecule has 0 aliphatic heterocycles. The highest BCUT2D eigenvalue weighted by Gasteiger charge is 2.18. The van der Waals surface area contributed by atoms with Crippen LogP contribution < -0.4 is 4.74 Å². The molecule has 5 rings (SSSR count). The molecule has 3 aromatic carbocycles. The number of benzene rings is 3. The molecule has 0 fully saturated rings. The minimum atomic E-state index is -0.310. The van der Waals surface area contributed by atoms with Crippen molar-refractivity contribution in [3.63, 3.8) is 0 Å². The number of aromatic amines is 2. The Balaban J connectivity index is 1.73. The molecule has 4 nitrogen and oxygen atoms in total. The maximum atomic E-state index is 13.9. The van der Waals surface area contributed by atoms with E-state index in [9.17, 15) is 8.78 Å². The normalized spacial score (nSPS) is 12.2. The number of hydrogen-bond donors (Lipinski definition) is 3. The van der Waals surface area contributed by atoms with Gasteiger partial charge in [0.25, 0.3) is 0 Å². The van der Waals surface area contributed by atoms with E-state index in [1.54, 1.807) is 12.1 Å². The second-order valence-corrected chi connectivity index (χ2v) is 8.46. The molecule has 2 aromatic heterocycles. The molecule has 7 heteroatoms. The smallest absolute Gasteiger partial charge is 0.167 e. The van der Waals surface area contributed by atoms with E-state index in [0.29, 0.717) is 27.4 Å². The summed E-state index contributed by atoms with van der Waals surface area (Å²) in [4.78, 5) is 6.71. The van der Waals surface area contributed by atoms with E-state index in [0.717, 1.165) is 55.5 Å². The molecule has 152 valence electrons. The zero-order valence-electron chi connectivity index (χ0n) is 16.3. The van der Waals surface area contributed by atoms with E-state index in [4.69, 9.17) is 10.1 Å². The fraction of sp³-hybridized carbons (Fsp3) is 0.174. The molecule has 0 bridgehead atoms. The van der Waals surface area contributed by atoms with E-state index in [-0.39, 0.29) is 11.6 Å². The Morgan fingerprint density at radius 3 is 2.00 bits per heavy atom. The lowest BCUT2D eigenvalue weighted by atomic mass is 10.1. The average Bonchev–Trinajstić information content (AvgIpc) is 3.28. The van der Waals surface area contributed by atoms with Gasteiger partial charge in [0.1, 0.15) is 11.6 Å². The van der Waals surface area contributed by atoms with Gasteiger partial charge in [-0.15, -0.1) is 0 Å². The predicted molar refractivity (Wildman–Crippen MR) is 122 cm³/mol. The summed E-state index contributed by atoms with van der Waals surface area (Å²) in [5.74, 6) is 0.0193. The number of rotatable bonds is 6. The van der Waals surface area contributed by atoms with Crippen LogP contribution in [0.25, 0.3) is 43.6 Å². The molecule has 0 saturated carbocycles. The first-order chi connectivity index (χ1) is 14.5. The van der Waals surface area contributed by atoms with E-state index in [1.165, 1.54) is 24.3 Å². The van der Waals surface area contributed by atoms with Gasteiger partial charge in [-0.25, -0.2) is 8.78 Å². The first kappa shape index (κ1) is 19.0. The SMILES string of the molecule is CPC(=N)CCCOc1c2[nH]c3ccc(F)cc3c2cc2c1[nH]c1ccc(F)cc12. The minimum absolute atomic E-state index is 0.310. The van der Waals surface area contributed by atoms with Gasteiger partial charge in [-0.1, -0.05) is 8.58 Å². The Kier molecular flexibility index (Phi) is 4.67. The number of fused-ring (bicyclic) bond motifs is 6. The molecule has 1 unspecified atom stereocenters. The number of nitrogens with one attached hydrogen (secondary N) is 3. The number of H-pyrrole nitrogens is 2. The van der Waals surface area contributed by atoms with Crippen molar-refractivity contribution in [1.82, 2.24) is 9.97 Å². The van der Waals surface area contributed by atoms with Crippen LogP contribution in [0, 0.1) is 17.0 Å². The van der Waals surface area contributed by atoms with Crippen LogP contribution in [-0.2, 0) is 0 Å². The van der Waals surface area contributed by atoms with Crippen molar-refractivity contribution in [3.8, 4) is 5.75 Å². The lowest BCUT2D eigenvalue weighted by molar-refractivity contribution is 0.320. The van der Waals surface area contributed by atoms with E-state index >= 15 is 0 Å². The molecule has 0 amide bonds. The zero-order valence-corrected chi connectivity index (χ0v) is 17.3. The quantitative estimate of drug-likeness (QED) is 0.159. The van der Waals surface area contributed by atoms with Crippen LogP contribution in [0.2, 0.25) is 0 Å². The first-order valence-electron chi connectivity index (χ1n) is 9.78. The lowest BCUT2D eigenvalue weighted by Crippen LogP contribution is -2.01. The van der Waals surface area contributed by atoms with E-state index in [2.05, 4.69) is 9.97 Å². The van der Waals surface area contributed by atoms with Gasteiger partial charge in [0, 0.05) is 38.0 Å². The van der Waals surface area contributed by atoms with Crippen molar-refractivity contribution in [2.24, 2.45) is 0 Å². The van der Waals surface area contributed by atoms with Crippen LogP contribution in [0.1, 0.15) is 12.8 Å². The Hall–Kier alpha value is -2.98. The molecule has 0 spiro atoms. The fourth-order valence-electron chi connectivity index (χ4n) is 3.99. The van der Waals surface area contributed by atoms with Crippen LogP contribution in [0.4, 0.5) is 8.78 Å². The van der Waals surface area contributed by atoms with Gasteiger partial charge < -0.3 is 20.1 Å². The van der Waals surface area contributed by atoms with Crippen molar-refractivity contribution >= 4 is 57.6 Å². The zero-order chi connectivity index (χ0) is 20.8. The molecule has 30 heavy (non-hydrogen) atoms. The minimum Gasteiger partial charge on any atom is -0.489 e. The van der Waals surface area contributed by atoms with Gasteiger partial charge in [0.05, 0.1) is 17.6 Å². The van der Waals surface area contributed by atoms with E-state index in [1.807, 2.05) is 12.7 Å². The van der Waals surface area contributed by atoms with Crippen LogP contribution in [-0.4, -0.2) is 28.7 Å². The summed E-state index contributed by atoms with van der Waals surface area (Å²) >= 11 is 0. The first-order valence-corrected chi connectivity index (χ1v) is 11.3. The van der Waals surface area contributed by atoms with Gasteiger partial charge in [-0.05, 0) is 62.0 Å². The topological polar surface area (TPSA) is 64.7 Å². The van der Waals surface area contributed by atoms with Crippen LogP contribution in [0.5, 0.6) is 5.75 Å². The van der Waals surface area contributed by atoms with Crippen LogP contribution in [0.3, 0.4) is 0 Å². The van der Waals surface area contributed by atoms with Gasteiger partial charge >= 0.3 is 0 Å². The van der Waals surface area contributed by atoms with Crippen LogP contribution in [0.15, 0.2) is 42.5 Å². The molecule has 5 aromatic rings. The molecular weight excluding hydrogens is 403 g/mol. The van der Waals surface area contributed by atoms with Crippen molar-refractivity contribution < 1.29 is 13.5 Å². The standard InChI is InChI=1S/C23H20F2N3OP/c1-30-20(26)3-2-8-29-23-21-16(14-9-12(24)4-6-18(14)27-21)11-17-15-10-13(25)5-7-19(15)28-22(17)23/h4-7,9-11,26-28,30H,2-3,8H2,1H3. The van der Waals surface area contributed by atoms with Crippen LogP contribution >= 0.6 is 8.58 Å². The number of hydrogen-bond acceptors (Lipinski definition) is 2. The summed E-state index contributed by atoms with van der Waals surface area (Å²) in [6.07, 6.45) is 1.44. The van der Waals surface area contributed by atoms with Gasteiger partial charge in [-0.3, -0.25) is 0 Å². The lowest BCUT2D eigenvalue weighted by Gasteiger charge is -2.09. The highest BCUT2D eigenvalue weighted by Crippen LogP contribution is 2.41. The summed E-state index contributed by atoms with van der Waals surface area (Å²) in [6.45, 7) is 2.45. The molecule has 0 aliphatic rings. The predicted octanol–water partition coefficient (Wildman–Crippen LogP) is 6.68. The summed E-state index contributed by atoms with van der Waals surface area (Å²) in [6, 6.07) is 11.2. The van der Waals surface area contributed by atoms with Crippen molar-refractivity contribution in [1.29, 1.82) is 5.41 Å². The summed E-state index contributed by atoms with van der Waals surface area (Å²) in [5, 5.41) is 11.0. The van der Waals surface area contributed by atoms with Gasteiger partial charge in [0.15, 0.2) is 5.75 Å². The maximum Gasteiger partial charge on any atom is 0.167 e. The molecule has 0 saturated heterocycles. The third kappa shape index (κ3) is 3.12. The summed E-state index contributed by atoms with van der Waals surface area (Å²) in [7, 11) is 0.506. The molecule has 0 radical (unpaired) electrons. The van der Waals surface area contributed by atoms with Crippen molar-refractivity contribution in [3.05, 3.63) is 54.1 Å². The molecule has 2 heterocycles. The molecular formula is C23H20F2N3OP. The highest BCUT2D eigenvalue weighted by atomic mass is 31.1. The largest absolute Gasteiger partial charge is 0.489 e. The average molecular weight is 423 g/mol. The maximum absolute atomic E-state index is 13.9. The third-order valence-corrected chi connectivity index (χ3v) is 6.32. The molecule has 3 N–H and O–H groups in total. The second kappa shape index (κ2) is 7.37. The summed E-state index contributed by atoms with van der Waals surface area (Å²) in [5.41, 5.74) is 3.91. The van der Waals surface area contributed by atoms with Crippen molar-refractivity contribution in [2.45, 2.75) is 12.8 Å². The number of halogens is 2. The highest BCUT2D eigenvalue weighted by molar-refractivity contribution is 7.57. The van der Waals surface area contributed by atoms with E-state index < -0.39 is 0 Å².